The molecule has 3 rings (SSSR count). The molecule has 0 N–H and O–H groups in total. The zero-order chi connectivity index (χ0) is 22.8. The smallest absolute Gasteiger partial charge is 0.101 e. The van der Waals surface area contributed by atoms with Crippen LogP contribution in [0, 0.1) is 22.7 Å². The Morgan fingerprint density at radius 2 is 0.935 bits per heavy atom. The van der Waals surface area contributed by atoms with Gasteiger partial charge < -0.3 is 4.90 Å². The predicted octanol–water partition coefficient (Wildman–Crippen LogP) is 7.49. The van der Waals surface area contributed by atoms with Crippen LogP contribution < -0.4 is 4.90 Å². The molecule has 0 atom stereocenters. The lowest BCUT2D eigenvalue weighted by molar-refractivity contribution is 0.590. The number of benzene rings is 3. The number of anilines is 3. The molecule has 0 saturated carbocycles. The van der Waals surface area contributed by atoms with Crippen LogP contribution in [-0.4, -0.2) is 0 Å². The molecule has 0 heterocycles. The number of hydrogen-bond donors (Lipinski definition) is 0. The monoisotopic (exact) mass is 407 g/mol. The summed E-state index contributed by atoms with van der Waals surface area (Å²) in [6.45, 7) is 13.2. The van der Waals surface area contributed by atoms with E-state index in [4.69, 9.17) is 0 Å². The summed E-state index contributed by atoms with van der Waals surface area (Å²) >= 11 is 0. The Kier molecular flexibility index (Phi) is 5.92. The first-order valence-electron chi connectivity index (χ1n) is 10.5. The van der Waals surface area contributed by atoms with Crippen molar-refractivity contribution in [1.82, 2.24) is 0 Å². The molecule has 0 spiro atoms. The summed E-state index contributed by atoms with van der Waals surface area (Å²) in [7, 11) is 0. The van der Waals surface area contributed by atoms with Gasteiger partial charge in [-0.3, -0.25) is 0 Å². The Hall–Kier alpha value is -3.56. The van der Waals surface area contributed by atoms with Crippen molar-refractivity contribution in [3.63, 3.8) is 0 Å². The molecule has 3 heteroatoms. The zero-order valence-corrected chi connectivity index (χ0v) is 19.2. The van der Waals surface area contributed by atoms with Crippen LogP contribution in [0.1, 0.15) is 63.8 Å². The standard InChI is InChI=1S/C28H29N3/c1-27(2,3)22-8-13-24(14-9-22)31(25-15-10-23(11-16-25)28(4,5)6)26-12-7-20(18-29)21(17-26)19-30/h7-17H,1-6H3. The van der Waals surface area contributed by atoms with Crippen LogP contribution in [0.2, 0.25) is 0 Å². The third-order valence-electron chi connectivity index (χ3n) is 5.49. The molecule has 3 nitrogen and oxygen atoms in total. The lowest BCUT2D eigenvalue weighted by Gasteiger charge is -2.28. The minimum absolute atomic E-state index is 0.0696. The maximum absolute atomic E-state index is 9.53. The lowest BCUT2D eigenvalue weighted by atomic mass is 9.86. The van der Waals surface area contributed by atoms with Crippen molar-refractivity contribution in [3.05, 3.63) is 89.0 Å². The summed E-state index contributed by atoms with van der Waals surface area (Å²) in [5.41, 5.74) is 6.28. The van der Waals surface area contributed by atoms with Crippen molar-refractivity contribution in [2.24, 2.45) is 0 Å². The molecule has 0 radical (unpaired) electrons. The normalized spacial score (nSPS) is 11.5. The van der Waals surface area contributed by atoms with E-state index >= 15 is 0 Å². The van der Waals surface area contributed by atoms with Gasteiger partial charge in [-0.05, 0) is 64.4 Å². The van der Waals surface area contributed by atoms with Crippen LogP contribution >= 0.6 is 0 Å². The topological polar surface area (TPSA) is 50.8 Å². The van der Waals surface area contributed by atoms with Crippen LogP contribution in [0.15, 0.2) is 66.7 Å². The lowest BCUT2D eigenvalue weighted by Crippen LogP contribution is -2.14. The molecule has 0 aliphatic carbocycles. The number of nitriles is 2. The molecule has 31 heavy (non-hydrogen) atoms. The van der Waals surface area contributed by atoms with E-state index in [1.807, 2.05) is 6.07 Å². The zero-order valence-electron chi connectivity index (χ0n) is 19.2. The van der Waals surface area contributed by atoms with Gasteiger partial charge >= 0.3 is 0 Å². The number of hydrogen-bond acceptors (Lipinski definition) is 3. The van der Waals surface area contributed by atoms with E-state index in [1.165, 1.54) is 11.1 Å². The SMILES string of the molecule is CC(C)(C)c1ccc(N(c2ccc(C(C)(C)C)cc2)c2ccc(C#N)c(C#N)c2)cc1. The number of rotatable bonds is 3. The third-order valence-corrected chi connectivity index (χ3v) is 5.49. The highest BCUT2D eigenvalue weighted by Gasteiger charge is 2.19. The molecule has 0 amide bonds. The molecule has 0 aliphatic heterocycles. The van der Waals surface area contributed by atoms with E-state index in [0.717, 1.165) is 17.1 Å². The van der Waals surface area contributed by atoms with Crippen LogP contribution in [0.4, 0.5) is 17.1 Å². The van der Waals surface area contributed by atoms with Crippen molar-refractivity contribution in [3.8, 4) is 12.1 Å². The summed E-state index contributed by atoms with van der Waals surface area (Å²) in [5, 5.41) is 18.8. The third kappa shape index (κ3) is 4.79. The first kappa shape index (κ1) is 22.1. The van der Waals surface area contributed by atoms with Gasteiger partial charge in [0.2, 0.25) is 0 Å². The number of nitrogens with zero attached hydrogens (tertiary/aromatic N) is 3. The van der Waals surface area contributed by atoms with Crippen molar-refractivity contribution < 1.29 is 0 Å². The van der Waals surface area contributed by atoms with Gasteiger partial charge in [-0.1, -0.05) is 65.8 Å². The maximum Gasteiger partial charge on any atom is 0.101 e. The van der Waals surface area contributed by atoms with Crippen LogP contribution in [0.5, 0.6) is 0 Å². The van der Waals surface area contributed by atoms with E-state index in [-0.39, 0.29) is 10.8 Å². The molecule has 0 aliphatic rings. The van der Waals surface area contributed by atoms with Crippen LogP contribution in [-0.2, 0) is 10.8 Å². The summed E-state index contributed by atoms with van der Waals surface area (Å²) in [6, 6.07) is 26.7. The van der Waals surface area contributed by atoms with E-state index in [0.29, 0.717) is 11.1 Å². The molecular formula is C28H29N3. The summed E-state index contributed by atoms with van der Waals surface area (Å²) < 4.78 is 0. The average Bonchev–Trinajstić information content (AvgIpc) is 2.73. The summed E-state index contributed by atoms with van der Waals surface area (Å²) in [6.07, 6.45) is 0. The van der Waals surface area contributed by atoms with Crippen molar-refractivity contribution in [2.45, 2.75) is 52.4 Å². The van der Waals surface area contributed by atoms with Gasteiger partial charge in [-0.25, -0.2) is 0 Å². The Bertz CT molecular complexity index is 1090. The van der Waals surface area contributed by atoms with Gasteiger partial charge in [-0.2, -0.15) is 10.5 Å². The quantitative estimate of drug-likeness (QED) is 0.452. The van der Waals surface area contributed by atoms with Gasteiger partial charge in [0.05, 0.1) is 11.1 Å². The van der Waals surface area contributed by atoms with E-state index in [2.05, 4.69) is 107 Å². The molecule has 156 valence electrons. The highest BCUT2D eigenvalue weighted by Crippen LogP contribution is 2.37. The molecule has 0 aromatic heterocycles. The molecule has 0 saturated heterocycles. The Labute approximate surface area is 186 Å². The van der Waals surface area contributed by atoms with E-state index in [9.17, 15) is 10.5 Å². The minimum atomic E-state index is 0.0696. The fraction of sp³-hybridized carbons (Fsp3) is 0.286. The van der Waals surface area contributed by atoms with Crippen molar-refractivity contribution in [2.75, 3.05) is 4.90 Å². The fourth-order valence-corrected chi connectivity index (χ4v) is 3.53. The molecule has 0 bridgehead atoms. The second kappa shape index (κ2) is 8.29. The highest BCUT2D eigenvalue weighted by atomic mass is 15.1. The highest BCUT2D eigenvalue weighted by molar-refractivity contribution is 5.78. The summed E-state index contributed by atoms with van der Waals surface area (Å²) in [5.74, 6) is 0. The predicted molar refractivity (Wildman–Crippen MR) is 128 cm³/mol. The second-order valence-corrected chi connectivity index (χ2v) is 9.88. The molecule has 0 fully saturated rings. The van der Waals surface area contributed by atoms with Gasteiger partial charge in [0, 0.05) is 17.1 Å². The first-order chi connectivity index (χ1) is 14.5. The van der Waals surface area contributed by atoms with Gasteiger partial charge in [0.15, 0.2) is 0 Å². The molecule has 3 aromatic rings. The molecule has 0 unspecified atom stereocenters. The molecule has 3 aromatic carbocycles. The van der Waals surface area contributed by atoms with E-state index < -0.39 is 0 Å². The Balaban J connectivity index is 2.15. The second-order valence-electron chi connectivity index (χ2n) is 9.88. The van der Waals surface area contributed by atoms with Gasteiger partial charge in [0.1, 0.15) is 12.1 Å². The first-order valence-corrected chi connectivity index (χ1v) is 10.5. The van der Waals surface area contributed by atoms with Gasteiger partial charge in [-0.15, -0.1) is 0 Å². The van der Waals surface area contributed by atoms with Crippen LogP contribution in [0.3, 0.4) is 0 Å². The maximum atomic E-state index is 9.53. The van der Waals surface area contributed by atoms with Crippen LogP contribution in [0.25, 0.3) is 0 Å². The van der Waals surface area contributed by atoms with Crippen molar-refractivity contribution in [1.29, 1.82) is 10.5 Å². The summed E-state index contributed by atoms with van der Waals surface area (Å²) in [4.78, 5) is 2.13. The Morgan fingerprint density at radius 3 is 1.29 bits per heavy atom. The van der Waals surface area contributed by atoms with E-state index in [1.54, 1.807) is 12.1 Å². The fourth-order valence-electron chi connectivity index (χ4n) is 3.53. The minimum Gasteiger partial charge on any atom is -0.310 e. The largest absolute Gasteiger partial charge is 0.310 e. The molecular weight excluding hydrogens is 378 g/mol. The van der Waals surface area contributed by atoms with Gasteiger partial charge in [0.25, 0.3) is 0 Å². The Morgan fingerprint density at radius 1 is 0.548 bits per heavy atom. The van der Waals surface area contributed by atoms with Crippen molar-refractivity contribution >= 4 is 17.1 Å². The average molecular weight is 408 g/mol.